The zero-order valence-corrected chi connectivity index (χ0v) is 13.3. The first-order valence-electron chi connectivity index (χ1n) is 7.65. The van der Waals surface area contributed by atoms with Crippen molar-refractivity contribution in [3.8, 4) is 0 Å². The molecule has 0 radical (unpaired) electrons. The molecule has 1 aliphatic carbocycles. The smallest absolute Gasteiger partial charge is 0.306 e. The van der Waals surface area contributed by atoms with Gasteiger partial charge in [-0.2, -0.15) is 11.8 Å². The second-order valence-electron chi connectivity index (χ2n) is 5.36. The maximum absolute atomic E-state index is 11.1. The van der Waals surface area contributed by atoms with Gasteiger partial charge in [-0.05, 0) is 31.7 Å². The highest BCUT2D eigenvalue weighted by Crippen LogP contribution is 2.28. The van der Waals surface area contributed by atoms with Crippen molar-refractivity contribution >= 4 is 17.7 Å². The Balaban J connectivity index is 2.25. The fourth-order valence-electron chi connectivity index (χ4n) is 2.70. The molecular weight excluding hydrogens is 258 g/mol. The van der Waals surface area contributed by atoms with Crippen LogP contribution in [0.15, 0.2) is 0 Å². The molecule has 1 aliphatic rings. The van der Waals surface area contributed by atoms with Gasteiger partial charge in [-0.15, -0.1) is 0 Å². The van der Waals surface area contributed by atoms with Crippen LogP contribution < -0.4 is 5.32 Å². The van der Waals surface area contributed by atoms with Gasteiger partial charge < -0.3 is 10.1 Å². The first-order valence-corrected chi connectivity index (χ1v) is 8.81. The molecule has 1 rings (SSSR count). The van der Waals surface area contributed by atoms with Crippen molar-refractivity contribution in [2.24, 2.45) is 5.92 Å². The van der Waals surface area contributed by atoms with Gasteiger partial charge in [0, 0.05) is 17.5 Å². The van der Waals surface area contributed by atoms with Crippen molar-refractivity contribution in [2.75, 3.05) is 25.2 Å². The second kappa shape index (κ2) is 10.6. The Kier molecular flexibility index (Phi) is 9.35. The van der Waals surface area contributed by atoms with Gasteiger partial charge in [0.05, 0.1) is 13.5 Å². The fourth-order valence-corrected chi connectivity index (χ4v) is 3.82. The van der Waals surface area contributed by atoms with Crippen LogP contribution in [0, 0.1) is 5.92 Å². The Morgan fingerprint density at radius 1 is 1.37 bits per heavy atom. The number of hydrogen-bond donors (Lipinski definition) is 1. The van der Waals surface area contributed by atoms with Crippen molar-refractivity contribution in [2.45, 2.75) is 57.9 Å². The first kappa shape index (κ1) is 16.8. The van der Waals surface area contributed by atoms with Crippen LogP contribution in [0.25, 0.3) is 0 Å². The van der Waals surface area contributed by atoms with E-state index in [1.165, 1.54) is 45.6 Å². The molecule has 1 atom stereocenters. The molecule has 0 aromatic rings. The highest BCUT2D eigenvalue weighted by molar-refractivity contribution is 7.99. The summed E-state index contributed by atoms with van der Waals surface area (Å²) in [4.78, 5) is 11.1. The van der Waals surface area contributed by atoms with Crippen molar-refractivity contribution in [1.29, 1.82) is 0 Å². The van der Waals surface area contributed by atoms with Gasteiger partial charge >= 0.3 is 5.97 Å². The molecule has 1 saturated carbocycles. The summed E-state index contributed by atoms with van der Waals surface area (Å²) in [6.07, 6.45) is 8.66. The molecule has 0 heterocycles. The summed E-state index contributed by atoms with van der Waals surface area (Å²) >= 11 is 1.89. The fraction of sp³-hybridized carbons (Fsp3) is 0.933. The molecular formula is C15H29NO2S. The number of thioether (sulfide) groups is 1. The number of rotatable bonds is 9. The zero-order chi connectivity index (χ0) is 13.9. The lowest BCUT2D eigenvalue weighted by molar-refractivity contribution is -0.140. The molecule has 4 heteroatoms. The average Bonchev–Trinajstić information content (AvgIpc) is 2.47. The van der Waals surface area contributed by atoms with E-state index in [1.54, 1.807) is 0 Å². The van der Waals surface area contributed by atoms with Gasteiger partial charge in [0.15, 0.2) is 0 Å². The molecule has 19 heavy (non-hydrogen) atoms. The number of methoxy groups -OCH3 is 1. The quantitative estimate of drug-likeness (QED) is 0.522. The number of carbonyl (C=O) groups excluding carboxylic acids is 1. The molecule has 1 fully saturated rings. The molecule has 112 valence electrons. The van der Waals surface area contributed by atoms with Crippen LogP contribution in [0.2, 0.25) is 0 Å². The van der Waals surface area contributed by atoms with Crippen LogP contribution >= 0.6 is 11.8 Å². The van der Waals surface area contributed by atoms with E-state index in [4.69, 9.17) is 0 Å². The van der Waals surface area contributed by atoms with Crippen molar-refractivity contribution in [3.05, 3.63) is 0 Å². The molecule has 0 spiro atoms. The summed E-state index contributed by atoms with van der Waals surface area (Å²) in [7, 11) is 1.46. The summed E-state index contributed by atoms with van der Waals surface area (Å²) in [5.41, 5.74) is 0. The van der Waals surface area contributed by atoms with E-state index in [-0.39, 0.29) is 5.97 Å². The molecule has 0 aromatic heterocycles. The van der Waals surface area contributed by atoms with Crippen molar-refractivity contribution < 1.29 is 9.53 Å². The molecule has 1 unspecified atom stereocenters. The monoisotopic (exact) mass is 287 g/mol. The number of esters is 1. The minimum atomic E-state index is -0.0942. The van der Waals surface area contributed by atoms with Crippen LogP contribution in [-0.4, -0.2) is 37.2 Å². The standard InChI is InChI=1S/C15H29NO2S/c1-3-10-16-14(13-7-5-4-6-8-13)12-19-11-9-15(17)18-2/h13-14,16H,3-12H2,1-2H3. The summed E-state index contributed by atoms with van der Waals surface area (Å²) in [5.74, 6) is 2.75. The minimum absolute atomic E-state index is 0.0942. The van der Waals surface area contributed by atoms with Crippen molar-refractivity contribution in [3.63, 3.8) is 0 Å². The van der Waals surface area contributed by atoms with E-state index < -0.39 is 0 Å². The van der Waals surface area contributed by atoms with Gasteiger partial charge in [0.25, 0.3) is 0 Å². The second-order valence-corrected chi connectivity index (χ2v) is 6.51. The number of carbonyl (C=O) groups is 1. The molecule has 0 saturated heterocycles. The third kappa shape index (κ3) is 7.21. The summed E-state index contributed by atoms with van der Waals surface area (Å²) < 4.78 is 4.67. The molecule has 3 nitrogen and oxygen atoms in total. The van der Waals surface area contributed by atoms with Crippen LogP contribution in [0.5, 0.6) is 0 Å². The maximum Gasteiger partial charge on any atom is 0.306 e. The van der Waals surface area contributed by atoms with E-state index >= 15 is 0 Å². The molecule has 1 N–H and O–H groups in total. The van der Waals surface area contributed by atoms with Crippen LogP contribution in [0.1, 0.15) is 51.9 Å². The van der Waals surface area contributed by atoms with Crippen molar-refractivity contribution in [1.82, 2.24) is 5.32 Å². The van der Waals surface area contributed by atoms with Gasteiger partial charge in [-0.25, -0.2) is 0 Å². The largest absolute Gasteiger partial charge is 0.469 e. The summed E-state index contributed by atoms with van der Waals surface area (Å²) in [6.45, 7) is 3.33. The van der Waals surface area contributed by atoms with E-state index in [2.05, 4.69) is 17.0 Å². The Hall–Kier alpha value is -0.220. The summed E-state index contributed by atoms with van der Waals surface area (Å²) in [5, 5.41) is 3.70. The number of nitrogens with one attached hydrogen (secondary N) is 1. The van der Waals surface area contributed by atoms with Crippen LogP contribution in [0.4, 0.5) is 0 Å². The Labute approximate surface area is 122 Å². The lowest BCUT2D eigenvalue weighted by atomic mass is 9.84. The van der Waals surface area contributed by atoms with Crippen LogP contribution in [-0.2, 0) is 9.53 Å². The number of hydrogen-bond acceptors (Lipinski definition) is 4. The third-order valence-corrected chi connectivity index (χ3v) is 4.94. The zero-order valence-electron chi connectivity index (χ0n) is 12.5. The topological polar surface area (TPSA) is 38.3 Å². The van der Waals surface area contributed by atoms with E-state index in [0.29, 0.717) is 12.5 Å². The van der Waals surface area contributed by atoms with E-state index in [9.17, 15) is 4.79 Å². The van der Waals surface area contributed by atoms with Gasteiger partial charge in [0.1, 0.15) is 0 Å². The highest BCUT2D eigenvalue weighted by atomic mass is 32.2. The van der Waals surface area contributed by atoms with Gasteiger partial charge in [-0.3, -0.25) is 4.79 Å². The Bertz CT molecular complexity index is 242. The highest BCUT2D eigenvalue weighted by Gasteiger charge is 2.22. The third-order valence-electron chi connectivity index (χ3n) is 3.85. The lowest BCUT2D eigenvalue weighted by Crippen LogP contribution is -2.39. The minimum Gasteiger partial charge on any atom is -0.469 e. The van der Waals surface area contributed by atoms with Gasteiger partial charge in [-0.1, -0.05) is 26.2 Å². The summed E-state index contributed by atoms with van der Waals surface area (Å²) in [6, 6.07) is 0.628. The number of ether oxygens (including phenoxy) is 1. The molecule has 0 aromatic carbocycles. The van der Waals surface area contributed by atoms with Crippen LogP contribution in [0.3, 0.4) is 0 Å². The van der Waals surface area contributed by atoms with E-state index in [1.807, 2.05) is 11.8 Å². The van der Waals surface area contributed by atoms with Gasteiger partial charge in [0.2, 0.25) is 0 Å². The SMILES string of the molecule is CCCNC(CSCCC(=O)OC)C1CCCCC1. The molecule has 0 bridgehead atoms. The van der Waals surface area contributed by atoms with E-state index in [0.717, 1.165) is 24.0 Å². The lowest BCUT2D eigenvalue weighted by Gasteiger charge is -2.31. The maximum atomic E-state index is 11.1. The normalized spacial score (nSPS) is 18.2. The Morgan fingerprint density at radius 2 is 2.11 bits per heavy atom. The predicted molar refractivity (Wildman–Crippen MR) is 82.6 cm³/mol. The average molecular weight is 287 g/mol. The molecule has 0 amide bonds. The molecule has 0 aliphatic heterocycles. The first-order chi connectivity index (χ1) is 9.27. The Morgan fingerprint density at radius 3 is 2.74 bits per heavy atom. The predicted octanol–water partition coefficient (Wildman–Crippen LogP) is 3.23.